The first-order valence-electron chi connectivity index (χ1n) is 8.77. The summed E-state index contributed by atoms with van der Waals surface area (Å²) < 4.78 is 31.2. The van der Waals surface area contributed by atoms with E-state index in [0.717, 1.165) is 16.5 Å². The molecule has 0 spiro atoms. The van der Waals surface area contributed by atoms with Crippen molar-refractivity contribution in [3.05, 3.63) is 42.0 Å². The fourth-order valence-electron chi connectivity index (χ4n) is 2.66. The van der Waals surface area contributed by atoms with Crippen LogP contribution in [0.25, 0.3) is 0 Å². The molecule has 0 aliphatic carbocycles. The molecule has 2 rings (SSSR count). The Bertz CT molecular complexity index is 856. The Balaban J connectivity index is 0. The molecular weight excluding hydrogens is 491 g/mol. The van der Waals surface area contributed by atoms with Crippen LogP contribution in [-0.2, 0) is 11.8 Å². The Hall–Kier alpha value is -2.30. The molecule has 0 unspecified atom stereocenters. The summed E-state index contributed by atoms with van der Waals surface area (Å²) in [5, 5.41) is 15.6. The third-order valence-corrected chi connectivity index (χ3v) is 4.59. The summed E-state index contributed by atoms with van der Waals surface area (Å²) in [5.41, 5.74) is 1.82. The van der Waals surface area contributed by atoms with E-state index in [9.17, 15) is 0 Å². The summed E-state index contributed by atoms with van der Waals surface area (Å²) in [6, 6.07) is 9.42. The van der Waals surface area contributed by atoms with E-state index >= 15 is 0 Å². The van der Waals surface area contributed by atoms with E-state index in [4.69, 9.17) is 45.5 Å². The van der Waals surface area contributed by atoms with Gasteiger partial charge in [0.1, 0.15) is 0 Å². The molecule has 0 aliphatic heterocycles. The second-order valence-corrected chi connectivity index (χ2v) is 6.02. The standard InChI is InChI=1S/C11H13NO3.C10H13BrO3.CN.Na/c1-13-9-5-4-8(6-7-12)10(14-2)11(9)15-3;1-12-8-5-4-7(6-11)9(13-2)10(8)14-3;1-2;/h4-5H,6H2,1-3H3;4-5H,6H2,1-3H3;;/q;;-1;+1. The number of nitriles is 1. The molecule has 168 valence electrons. The molecule has 0 radical (unpaired) electrons. The molecule has 32 heavy (non-hydrogen) atoms. The minimum atomic E-state index is 0. The molecule has 0 amide bonds. The van der Waals surface area contributed by atoms with E-state index in [1.807, 2.05) is 12.1 Å². The molecule has 10 heteroatoms. The van der Waals surface area contributed by atoms with Gasteiger partial charge in [-0.3, -0.25) is 0 Å². The molecule has 0 atom stereocenters. The van der Waals surface area contributed by atoms with Crippen molar-refractivity contribution in [2.24, 2.45) is 0 Å². The van der Waals surface area contributed by atoms with Crippen LogP contribution in [0.3, 0.4) is 0 Å². The molecule has 8 nitrogen and oxygen atoms in total. The van der Waals surface area contributed by atoms with Crippen molar-refractivity contribution >= 4 is 15.9 Å². The molecule has 0 aliphatic rings. The van der Waals surface area contributed by atoms with Crippen molar-refractivity contribution in [1.29, 1.82) is 10.5 Å². The molecule has 0 saturated carbocycles. The summed E-state index contributed by atoms with van der Waals surface area (Å²) >= 11 is 3.38. The van der Waals surface area contributed by atoms with Gasteiger partial charge in [0.05, 0.1) is 55.1 Å². The van der Waals surface area contributed by atoms with Crippen LogP contribution in [0, 0.1) is 23.2 Å². The fraction of sp³-hybridized carbons (Fsp3) is 0.364. The number of rotatable bonds is 8. The quantitative estimate of drug-likeness (QED) is 0.295. The number of nitrogens with zero attached hydrogens (tertiary/aromatic N) is 2. The fourth-order valence-corrected chi connectivity index (χ4v) is 3.10. The molecule has 0 bridgehead atoms. The summed E-state index contributed by atoms with van der Waals surface area (Å²) in [5.74, 6) is 3.69. The SMILES string of the molecule is COc1ccc(CBr)c(OC)c1OC.COc1ccc(CC#N)c(OC)c1OC.[C-]#N.[Na+]. The van der Waals surface area contributed by atoms with E-state index in [-0.39, 0.29) is 36.0 Å². The van der Waals surface area contributed by atoms with Gasteiger partial charge in [0, 0.05) is 16.5 Å². The summed E-state index contributed by atoms with van der Waals surface area (Å²) in [4.78, 5) is 0. The van der Waals surface area contributed by atoms with Crippen LogP contribution in [0.1, 0.15) is 11.1 Å². The largest absolute Gasteiger partial charge is 1.00 e. The van der Waals surface area contributed by atoms with Gasteiger partial charge in [-0.2, -0.15) is 5.26 Å². The maximum atomic E-state index is 8.65. The van der Waals surface area contributed by atoms with E-state index in [1.165, 1.54) is 14.2 Å². The van der Waals surface area contributed by atoms with E-state index < -0.39 is 0 Å². The van der Waals surface area contributed by atoms with Gasteiger partial charge in [0.2, 0.25) is 11.5 Å². The van der Waals surface area contributed by atoms with Crippen LogP contribution in [0.5, 0.6) is 34.5 Å². The Kier molecular flexibility index (Phi) is 18.2. The number of halogens is 1. The smallest absolute Gasteiger partial charge is 0.512 e. The number of ether oxygens (including phenoxy) is 6. The number of methoxy groups -OCH3 is 6. The summed E-state index contributed by atoms with van der Waals surface area (Å²) in [6.45, 7) is 4.75. The monoisotopic (exact) mass is 516 g/mol. The third kappa shape index (κ3) is 8.33. The van der Waals surface area contributed by atoms with Crippen molar-refractivity contribution < 1.29 is 58.0 Å². The predicted molar refractivity (Wildman–Crippen MR) is 119 cm³/mol. The zero-order valence-electron chi connectivity index (χ0n) is 19.4. The van der Waals surface area contributed by atoms with Gasteiger partial charge in [-0.05, 0) is 12.1 Å². The summed E-state index contributed by atoms with van der Waals surface area (Å²) in [6.07, 6.45) is 0.281. The van der Waals surface area contributed by atoms with E-state index in [1.54, 1.807) is 40.6 Å². The van der Waals surface area contributed by atoms with Crippen LogP contribution in [0.4, 0.5) is 0 Å². The van der Waals surface area contributed by atoms with Gasteiger partial charge < -0.3 is 40.3 Å². The normalized spacial score (nSPS) is 8.62. The van der Waals surface area contributed by atoms with Crippen molar-refractivity contribution in [2.45, 2.75) is 11.8 Å². The average Bonchev–Trinajstić information content (AvgIpc) is 2.84. The molecule has 0 aromatic heterocycles. The number of hydrogen-bond acceptors (Lipinski definition) is 8. The first-order chi connectivity index (χ1) is 15.1. The van der Waals surface area contributed by atoms with Crippen LogP contribution in [0.15, 0.2) is 24.3 Å². The third-order valence-electron chi connectivity index (χ3n) is 3.98. The molecule has 2 aromatic rings. The Labute approximate surface area is 220 Å². The molecule has 0 heterocycles. The predicted octanol–water partition coefficient (Wildman–Crippen LogP) is 1.49. The van der Waals surface area contributed by atoms with Gasteiger partial charge in [0.15, 0.2) is 23.0 Å². The van der Waals surface area contributed by atoms with Gasteiger partial charge >= 0.3 is 29.6 Å². The maximum absolute atomic E-state index is 8.65. The Morgan fingerprint density at radius 2 is 1.06 bits per heavy atom. The van der Waals surface area contributed by atoms with Gasteiger partial charge in [-0.25, -0.2) is 0 Å². The second-order valence-electron chi connectivity index (χ2n) is 5.46. The molecule has 0 fully saturated rings. The van der Waals surface area contributed by atoms with Gasteiger partial charge in [0.25, 0.3) is 0 Å². The van der Waals surface area contributed by atoms with Gasteiger partial charge in [-0.1, -0.05) is 28.1 Å². The van der Waals surface area contributed by atoms with E-state index in [2.05, 4.69) is 22.0 Å². The van der Waals surface area contributed by atoms with Crippen LogP contribution < -0.4 is 58.0 Å². The number of benzene rings is 2. The maximum Gasteiger partial charge on any atom is 1.00 e. The second kappa shape index (κ2) is 18.3. The van der Waals surface area contributed by atoms with Crippen LogP contribution in [0.2, 0.25) is 0 Å². The zero-order chi connectivity index (χ0) is 23.8. The van der Waals surface area contributed by atoms with Crippen LogP contribution >= 0.6 is 15.9 Å². The Morgan fingerprint density at radius 3 is 1.38 bits per heavy atom. The van der Waals surface area contributed by atoms with Crippen molar-refractivity contribution in [2.75, 3.05) is 42.7 Å². The van der Waals surface area contributed by atoms with E-state index in [0.29, 0.717) is 34.5 Å². The minimum absolute atomic E-state index is 0. The molecular formula is C22H26BrN2NaO6. The number of hydrogen-bond donors (Lipinski definition) is 0. The van der Waals surface area contributed by atoms with Gasteiger partial charge in [-0.15, -0.1) is 0 Å². The minimum Gasteiger partial charge on any atom is -0.512 e. The molecule has 0 N–H and O–H groups in total. The van der Waals surface area contributed by atoms with Crippen molar-refractivity contribution in [3.63, 3.8) is 0 Å². The van der Waals surface area contributed by atoms with Crippen LogP contribution in [-0.4, -0.2) is 42.7 Å². The molecule has 0 saturated heterocycles. The Morgan fingerprint density at radius 1 is 0.688 bits per heavy atom. The first-order valence-corrected chi connectivity index (χ1v) is 9.89. The first kappa shape index (κ1) is 31.9. The number of alkyl halides is 1. The topological polar surface area (TPSA) is 103 Å². The zero-order valence-corrected chi connectivity index (χ0v) is 23.0. The molecule has 2 aromatic carbocycles. The van der Waals surface area contributed by atoms with Crippen molar-refractivity contribution in [3.8, 4) is 40.6 Å². The average molecular weight is 517 g/mol. The van der Waals surface area contributed by atoms with Crippen molar-refractivity contribution in [1.82, 2.24) is 0 Å². The summed E-state index contributed by atoms with van der Waals surface area (Å²) in [7, 11) is 9.45.